The van der Waals surface area contributed by atoms with Crippen LogP contribution in [-0.4, -0.2) is 34.9 Å². The zero-order chi connectivity index (χ0) is 16.8. The van der Waals surface area contributed by atoms with E-state index in [2.05, 4.69) is 20.3 Å². The highest BCUT2D eigenvalue weighted by atomic mass is 35.5. The van der Waals surface area contributed by atoms with Crippen molar-refractivity contribution in [3.05, 3.63) is 34.6 Å². The smallest absolute Gasteiger partial charge is 0.316 e. The molecule has 1 amide bonds. The van der Waals surface area contributed by atoms with Crippen LogP contribution in [0.25, 0.3) is 0 Å². The van der Waals surface area contributed by atoms with E-state index in [-0.39, 0.29) is 33.9 Å². The molecule has 0 saturated carbocycles. The molecule has 0 unspecified atom stereocenters. The number of halogens is 2. The minimum atomic E-state index is -0.542. The van der Waals surface area contributed by atoms with Gasteiger partial charge >= 0.3 is 5.97 Å². The molecule has 122 valence electrons. The van der Waals surface area contributed by atoms with Gasteiger partial charge in [0.2, 0.25) is 11.0 Å². The molecule has 6 nitrogen and oxygen atoms in total. The second-order valence-electron chi connectivity index (χ2n) is 4.20. The molecule has 23 heavy (non-hydrogen) atoms. The molecular formula is C13H11ClFN3O3S2. The third kappa shape index (κ3) is 5.45. The Morgan fingerprint density at radius 3 is 2.91 bits per heavy atom. The van der Waals surface area contributed by atoms with E-state index in [0.29, 0.717) is 4.34 Å². The molecule has 0 radical (unpaired) electrons. The summed E-state index contributed by atoms with van der Waals surface area (Å²) in [5.41, 5.74) is 0.233. The first-order chi connectivity index (χ1) is 11.0. The second-order valence-corrected chi connectivity index (χ2v) is 6.84. The van der Waals surface area contributed by atoms with Crippen molar-refractivity contribution in [2.24, 2.45) is 0 Å². The number of nitrogens with zero attached hydrogens (tertiary/aromatic N) is 2. The van der Waals surface area contributed by atoms with Gasteiger partial charge < -0.3 is 10.1 Å². The molecule has 0 aliphatic rings. The minimum absolute atomic E-state index is 0.106. The number of rotatable bonds is 6. The van der Waals surface area contributed by atoms with Gasteiger partial charge in [-0.2, -0.15) is 0 Å². The first-order valence-electron chi connectivity index (χ1n) is 6.25. The van der Waals surface area contributed by atoms with Crippen LogP contribution in [-0.2, 0) is 20.7 Å². The lowest BCUT2D eigenvalue weighted by Crippen LogP contribution is -2.15. The number of benzene rings is 1. The zero-order valence-corrected chi connectivity index (χ0v) is 14.2. The number of methoxy groups -OCH3 is 1. The van der Waals surface area contributed by atoms with E-state index in [9.17, 15) is 14.0 Å². The number of esters is 1. The molecule has 1 heterocycles. The van der Waals surface area contributed by atoms with Crippen LogP contribution in [0.3, 0.4) is 0 Å². The molecular weight excluding hydrogens is 365 g/mol. The largest absolute Gasteiger partial charge is 0.468 e. The summed E-state index contributed by atoms with van der Waals surface area (Å²) in [7, 11) is 1.30. The quantitative estimate of drug-likeness (QED) is 0.475. The lowest BCUT2D eigenvalue weighted by molar-refractivity contribution is -0.137. The number of nitrogens with one attached hydrogen (secondary N) is 1. The number of aromatic nitrogens is 2. The first-order valence-corrected chi connectivity index (χ1v) is 8.43. The molecule has 1 aromatic heterocycles. The van der Waals surface area contributed by atoms with Crippen molar-refractivity contribution in [1.82, 2.24) is 10.2 Å². The van der Waals surface area contributed by atoms with Crippen molar-refractivity contribution >= 4 is 51.7 Å². The molecule has 10 heteroatoms. The van der Waals surface area contributed by atoms with Crippen LogP contribution in [0.2, 0.25) is 5.02 Å². The van der Waals surface area contributed by atoms with Crippen molar-refractivity contribution < 1.29 is 18.7 Å². The van der Waals surface area contributed by atoms with E-state index in [4.69, 9.17) is 11.6 Å². The molecule has 0 spiro atoms. The highest BCUT2D eigenvalue weighted by Gasteiger charge is 2.13. The Kier molecular flexibility index (Phi) is 6.31. The number of hydrogen-bond acceptors (Lipinski definition) is 7. The molecule has 0 saturated heterocycles. The molecule has 1 N–H and O–H groups in total. The van der Waals surface area contributed by atoms with Crippen molar-refractivity contribution in [2.75, 3.05) is 18.2 Å². The highest BCUT2D eigenvalue weighted by molar-refractivity contribution is 8.01. The van der Waals surface area contributed by atoms with Crippen molar-refractivity contribution in [3.8, 4) is 0 Å². The summed E-state index contributed by atoms with van der Waals surface area (Å²) in [5, 5.41) is 10.7. The van der Waals surface area contributed by atoms with Crippen LogP contribution in [0.15, 0.2) is 22.5 Å². The van der Waals surface area contributed by atoms with Gasteiger partial charge in [-0.25, -0.2) is 4.39 Å². The van der Waals surface area contributed by atoms with Gasteiger partial charge in [-0.05, 0) is 17.7 Å². The summed E-state index contributed by atoms with van der Waals surface area (Å²) in [4.78, 5) is 22.9. The van der Waals surface area contributed by atoms with Gasteiger partial charge in [-0.15, -0.1) is 10.2 Å². The average Bonchev–Trinajstić information content (AvgIpc) is 2.95. The third-order valence-corrected chi connectivity index (χ3v) is 4.74. The van der Waals surface area contributed by atoms with Gasteiger partial charge in [0.1, 0.15) is 5.82 Å². The van der Waals surface area contributed by atoms with Gasteiger partial charge in [-0.3, -0.25) is 9.59 Å². The molecule has 2 rings (SSSR count). The molecule has 1 aromatic carbocycles. The van der Waals surface area contributed by atoms with Crippen molar-refractivity contribution in [2.45, 2.75) is 10.8 Å². The monoisotopic (exact) mass is 375 g/mol. The zero-order valence-electron chi connectivity index (χ0n) is 11.8. The van der Waals surface area contributed by atoms with E-state index < -0.39 is 11.7 Å². The van der Waals surface area contributed by atoms with Crippen LogP contribution in [0, 0.1) is 5.82 Å². The summed E-state index contributed by atoms with van der Waals surface area (Å²) in [5.74, 6) is -1.24. The maximum Gasteiger partial charge on any atom is 0.316 e. The van der Waals surface area contributed by atoms with Crippen molar-refractivity contribution in [3.63, 3.8) is 0 Å². The molecule has 0 aliphatic heterocycles. The van der Waals surface area contributed by atoms with E-state index in [1.54, 1.807) is 0 Å². The molecule has 0 bridgehead atoms. The molecule has 0 atom stereocenters. The van der Waals surface area contributed by atoms with Crippen LogP contribution in [0.4, 0.5) is 9.52 Å². The lowest BCUT2D eigenvalue weighted by atomic mass is 10.1. The summed E-state index contributed by atoms with van der Waals surface area (Å²) in [6.45, 7) is 0. The Bertz CT molecular complexity index is 726. The summed E-state index contributed by atoms with van der Waals surface area (Å²) in [6, 6.07) is 4.12. The summed E-state index contributed by atoms with van der Waals surface area (Å²) < 4.78 is 18.7. The number of carbonyl (C=O) groups excluding carboxylic acids is 2. The van der Waals surface area contributed by atoms with Crippen LogP contribution >= 0.6 is 34.7 Å². The van der Waals surface area contributed by atoms with E-state index >= 15 is 0 Å². The SMILES string of the molecule is COC(=O)CSc1nnc(NC(=O)Cc2ccc(Cl)cc2F)s1. The van der Waals surface area contributed by atoms with Crippen molar-refractivity contribution in [1.29, 1.82) is 0 Å². The number of thioether (sulfide) groups is 1. The Balaban J connectivity index is 1.90. The third-order valence-electron chi connectivity index (χ3n) is 2.56. The van der Waals surface area contributed by atoms with Crippen LogP contribution in [0.1, 0.15) is 5.56 Å². The fourth-order valence-electron chi connectivity index (χ4n) is 1.50. The topological polar surface area (TPSA) is 81.2 Å². The molecule has 0 aliphatic carbocycles. The average molecular weight is 376 g/mol. The van der Waals surface area contributed by atoms with Gasteiger partial charge in [-0.1, -0.05) is 40.8 Å². The number of carbonyl (C=O) groups is 2. The summed E-state index contributed by atoms with van der Waals surface area (Å²) in [6.07, 6.45) is -0.146. The van der Waals surface area contributed by atoms with E-state index in [1.165, 1.54) is 19.2 Å². The number of anilines is 1. The predicted molar refractivity (Wildman–Crippen MR) is 86.4 cm³/mol. The first kappa shape index (κ1) is 17.6. The Morgan fingerprint density at radius 2 is 2.22 bits per heavy atom. The van der Waals surface area contributed by atoms with Gasteiger partial charge in [0.25, 0.3) is 0 Å². The minimum Gasteiger partial charge on any atom is -0.468 e. The Labute approximate surface area is 144 Å². The highest BCUT2D eigenvalue weighted by Crippen LogP contribution is 2.25. The maximum atomic E-state index is 13.6. The predicted octanol–water partition coefficient (Wildman–Crippen LogP) is 2.78. The van der Waals surface area contributed by atoms with E-state index in [0.717, 1.165) is 29.2 Å². The fourth-order valence-corrected chi connectivity index (χ4v) is 3.26. The second kappa shape index (κ2) is 8.23. The standard InChI is InChI=1S/C13H11ClFN3O3S2/c1-21-11(20)6-22-13-18-17-12(23-13)16-10(19)4-7-2-3-8(14)5-9(7)15/h2-3,5H,4,6H2,1H3,(H,16,17,19). The van der Waals surface area contributed by atoms with Crippen LogP contribution in [0.5, 0.6) is 0 Å². The molecule has 0 fully saturated rings. The lowest BCUT2D eigenvalue weighted by Gasteiger charge is -2.03. The maximum absolute atomic E-state index is 13.6. The Morgan fingerprint density at radius 1 is 1.43 bits per heavy atom. The number of ether oxygens (including phenoxy) is 1. The van der Waals surface area contributed by atoms with Gasteiger partial charge in [0.15, 0.2) is 4.34 Å². The van der Waals surface area contributed by atoms with Gasteiger partial charge in [0.05, 0.1) is 19.3 Å². The Hall–Kier alpha value is -1.71. The number of amides is 1. The molecule has 2 aromatic rings. The van der Waals surface area contributed by atoms with Crippen LogP contribution < -0.4 is 5.32 Å². The fraction of sp³-hybridized carbons (Fsp3) is 0.231. The van der Waals surface area contributed by atoms with E-state index in [1.807, 2.05) is 0 Å². The van der Waals surface area contributed by atoms with Gasteiger partial charge in [0, 0.05) is 5.02 Å². The number of hydrogen-bond donors (Lipinski definition) is 1. The normalized spacial score (nSPS) is 10.4. The summed E-state index contributed by atoms with van der Waals surface area (Å²) >= 11 is 7.93.